The Balaban J connectivity index is 1.01. The Hall–Kier alpha value is -7.82. The van der Waals surface area contributed by atoms with Crippen LogP contribution in [0, 0.1) is 0 Å². The van der Waals surface area contributed by atoms with Crippen molar-refractivity contribution in [1.82, 2.24) is 4.57 Å². The Bertz CT molecular complexity index is 3070. The molecule has 0 spiro atoms. The first-order valence-electron chi connectivity index (χ1n) is 19.7. The summed E-state index contributed by atoms with van der Waals surface area (Å²) in [6.45, 7) is 0. The molecule has 0 unspecified atom stereocenters. The van der Waals surface area contributed by atoms with Crippen molar-refractivity contribution in [1.29, 1.82) is 0 Å². The lowest BCUT2D eigenvalue weighted by Crippen LogP contribution is -2.16. The van der Waals surface area contributed by atoms with E-state index in [2.05, 4.69) is 227 Å². The Morgan fingerprint density at radius 1 is 0.328 bits per heavy atom. The highest BCUT2D eigenvalue weighted by Gasteiger charge is 2.27. The molecular formula is C54H37N3O. The maximum Gasteiger partial charge on any atom is 0.153 e. The molecule has 9 aromatic carbocycles. The molecule has 0 fully saturated rings. The topological polar surface area (TPSA) is 20.6 Å². The number of benzene rings is 9. The summed E-state index contributed by atoms with van der Waals surface area (Å²) in [5.41, 5.74) is 14.5. The van der Waals surface area contributed by atoms with Crippen LogP contribution >= 0.6 is 0 Å². The van der Waals surface area contributed by atoms with Crippen LogP contribution in [0.5, 0.6) is 11.5 Å². The minimum atomic E-state index is 0.797. The fourth-order valence-corrected chi connectivity index (χ4v) is 8.43. The monoisotopic (exact) mass is 743 g/mol. The van der Waals surface area contributed by atoms with Crippen LogP contribution in [0.3, 0.4) is 0 Å². The van der Waals surface area contributed by atoms with E-state index >= 15 is 0 Å². The molecule has 0 saturated carbocycles. The fraction of sp³-hybridized carbons (Fsp3) is 0. The maximum atomic E-state index is 6.67. The lowest BCUT2D eigenvalue weighted by Gasteiger charge is -2.34. The lowest BCUT2D eigenvalue weighted by molar-refractivity contribution is 0.477. The number of nitrogens with zero attached hydrogens (tertiary/aromatic N) is 3. The van der Waals surface area contributed by atoms with Crippen molar-refractivity contribution >= 4 is 55.9 Å². The van der Waals surface area contributed by atoms with E-state index in [9.17, 15) is 0 Å². The van der Waals surface area contributed by atoms with Gasteiger partial charge in [-0.2, -0.15) is 0 Å². The summed E-state index contributed by atoms with van der Waals surface area (Å²) in [6, 6.07) is 79.7. The van der Waals surface area contributed by atoms with Crippen molar-refractivity contribution in [3.63, 3.8) is 0 Å². The number of rotatable bonds is 7. The minimum absolute atomic E-state index is 0.797. The van der Waals surface area contributed by atoms with Gasteiger partial charge in [0.2, 0.25) is 0 Å². The highest BCUT2D eigenvalue weighted by Crippen LogP contribution is 2.52. The van der Waals surface area contributed by atoms with Crippen LogP contribution in [-0.2, 0) is 0 Å². The van der Waals surface area contributed by atoms with Gasteiger partial charge in [-0.15, -0.1) is 0 Å². The smallest absolute Gasteiger partial charge is 0.153 e. The average Bonchev–Trinajstić information content (AvgIpc) is 3.63. The molecule has 2 heterocycles. The predicted octanol–water partition coefficient (Wildman–Crippen LogP) is 15.2. The minimum Gasteiger partial charge on any atom is -0.453 e. The van der Waals surface area contributed by atoms with Gasteiger partial charge in [0.1, 0.15) is 0 Å². The zero-order valence-electron chi connectivity index (χ0n) is 31.6. The largest absolute Gasteiger partial charge is 0.453 e. The van der Waals surface area contributed by atoms with E-state index in [0.29, 0.717) is 0 Å². The Morgan fingerprint density at radius 2 is 0.845 bits per heavy atom. The van der Waals surface area contributed by atoms with Crippen LogP contribution in [0.15, 0.2) is 224 Å². The molecule has 10 aromatic rings. The van der Waals surface area contributed by atoms with Crippen molar-refractivity contribution in [3.8, 4) is 39.4 Å². The molecular weight excluding hydrogens is 707 g/mol. The number of ether oxygens (including phenoxy) is 1. The molecule has 0 aliphatic carbocycles. The standard InChI is InChI=1S/C54H37N3O/c1-4-14-38(15-5-1)39-24-29-44(30-25-39)55(46-33-35-52-54(37-46)58-53-23-13-12-22-51(53)57(52)43-18-8-3-9-19-43)45-31-26-40(27-32-45)41-28-34-50-48(36-41)47-20-10-11-21-49(47)56(50)42-16-6-2-7-17-42/h1-37H. The SMILES string of the molecule is c1ccc(-c2ccc(N(c3ccc(-c4ccc5c(c4)c4ccccc4n5-c4ccccc4)cc3)c3ccc4c(c3)Oc3ccccc3N4c3ccccc3)cc2)cc1. The molecule has 4 nitrogen and oxygen atoms in total. The van der Waals surface area contributed by atoms with Crippen molar-refractivity contribution in [2.75, 3.05) is 9.80 Å². The van der Waals surface area contributed by atoms with Crippen LogP contribution < -0.4 is 14.5 Å². The number of aromatic nitrogens is 1. The highest BCUT2D eigenvalue weighted by molar-refractivity contribution is 6.10. The third-order valence-corrected chi connectivity index (χ3v) is 11.2. The summed E-state index contributed by atoms with van der Waals surface area (Å²) in [5.74, 6) is 1.62. The molecule has 0 N–H and O–H groups in total. The van der Waals surface area contributed by atoms with Gasteiger partial charge in [-0.05, 0) is 113 Å². The van der Waals surface area contributed by atoms with Gasteiger partial charge in [-0.1, -0.05) is 127 Å². The van der Waals surface area contributed by atoms with Gasteiger partial charge in [-0.25, -0.2) is 0 Å². The van der Waals surface area contributed by atoms with E-state index in [1.165, 1.54) is 38.5 Å². The first-order valence-corrected chi connectivity index (χ1v) is 19.7. The molecule has 1 aliphatic rings. The van der Waals surface area contributed by atoms with Gasteiger partial charge in [0.05, 0.1) is 22.4 Å². The molecule has 1 aliphatic heterocycles. The summed E-state index contributed by atoms with van der Waals surface area (Å²) in [4.78, 5) is 4.59. The molecule has 0 bridgehead atoms. The van der Waals surface area contributed by atoms with Gasteiger partial charge in [0, 0.05) is 45.3 Å². The van der Waals surface area contributed by atoms with E-state index in [-0.39, 0.29) is 0 Å². The number of para-hydroxylation sites is 5. The maximum absolute atomic E-state index is 6.67. The molecule has 0 radical (unpaired) electrons. The molecule has 4 heteroatoms. The first kappa shape index (κ1) is 33.5. The summed E-state index contributed by atoms with van der Waals surface area (Å²) in [5, 5.41) is 2.48. The lowest BCUT2D eigenvalue weighted by atomic mass is 10.0. The van der Waals surface area contributed by atoms with Crippen molar-refractivity contribution in [3.05, 3.63) is 224 Å². The summed E-state index contributed by atoms with van der Waals surface area (Å²) in [6.07, 6.45) is 0. The van der Waals surface area contributed by atoms with Crippen LogP contribution in [0.1, 0.15) is 0 Å². The van der Waals surface area contributed by atoms with Crippen molar-refractivity contribution in [2.24, 2.45) is 0 Å². The molecule has 0 atom stereocenters. The second kappa shape index (κ2) is 14.0. The quantitative estimate of drug-likeness (QED) is 0.162. The molecule has 0 saturated heterocycles. The Labute approximate surface area is 337 Å². The zero-order valence-corrected chi connectivity index (χ0v) is 31.6. The van der Waals surface area contributed by atoms with Crippen molar-refractivity contribution < 1.29 is 4.74 Å². The molecule has 0 amide bonds. The van der Waals surface area contributed by atoms with Gasteiger partial charge >= 0.3 is 0 Å². The fourth-order valence-electron chi connectivity index (χ4n) is 8.43. The van der Waals surface area contributed by atoms with E-state index in [1.54, 1.807) is 0 Å². The summed E-state index contributed by atoms with van der Waals surface area (Å²) >= 11 is 0. The van der Waals surface area contributed by atoms with Crippen LogP contribution in [0.4, 0.5) is 34.1 Å². The number of hydrogen-bond donors (Lipinski definition) is 0. The van der Waals surface area contributed by atoms with Gasteiger partial charge in [0.15, 0.2) is 11.5 Å². The van der Waals surface area contributed by atoms with Gasteiger partial charge in [-0.3, -0.25) is 0 Å². The molecule has 1 aromatic heterocycles. The third kappa shape index (κ3) is 5.78. The second-order valence-corrected chi connectivity index (χ2v) is 14.6. The van der Waals surface area contributed by atoms with E-state index < -0.39 is 0 Å². The molecule has 58 heavy (non-hydrogen) atoms. The van der Waals surface area contributed by atoms with Crippen LogP contribution in [-0.4, -0.2) is 4.57 Å². The predicted molar refractivity (Wildman–Crippen MR) is 241 cm³/mol. The van der Waals surface area contributed by atoms with E-state index in [0.717, 1.165) is 56.9 Å². The number of hydrogen-bond acceptors (Lipinski definition) is 3. The summed E-state index contributed by atoms with van der Waals surface area (Å²) < 4.78 is 9.03. The number of anilines is 6. The Kier molecular flexibility index (Phi) is 8.11. The van der Waals surface area contributed by atoms with Gasteiger partial charge < -0.3 is 19.1 Å². The number of fused-ring (bicyclic) bond motifs is 5. The average molecular weight is 744 g/mol. The van der Waals surface area contributed by atoms with Crippen LogP contribution in [0.2, 0.25) is 0 Å². The van der Waals surface area contributed by atoms with E-state index in [4.69, 9.17) is 4.74 Å². The molecule has 11 rings (SSSR count). The summed E-state index contributed by atoms with van der Waals surface area (Å²) in [7, 11) is 0. The normalized spacial score (nSPS) is 11.9. The second-order valence-electron chi connectivity index (χ2n) is 14.6. The van der Waals surface area contributed by atoms with E-state index in [1.807, 2.05) is 12.1 Å². The highest BCUT2D eigenvalue weighted by atomic mass is 16.5. The third-order valence-electron chi connectivity index (χ3n) is 11.2. The molecule has 274 valence electrons. The zero-order chi connectivity index (χ0) is 38.4. The van der Waals surface area contributed by atoms with Gasteiger partial charge in [0.25, 0.3) is 0 Å². The first-order chi connectivity index (χ1) is 28.8. The van der Waals surface area contributed by atoms with Crippen molar-refractivity contribution in [2.45, 2.75) is 0 Å². The van der Waals surface area contributed by atoms with Crippen LogP contribution in [0.25, 0.3) is 49.7 Å². The Morgan fingerprint density at radius 3 is 1.57 bits per heavy atom.